The molecule has 2 amide bonds. The van der Waals surface area contributed by atoms with Crippen LogP contribution in [0, 0.1) is 5.82 Å². The van der Waals surface area contributed by atoms with Gasteiger partial charge in [-0.05, 0) is 48.9 Å². The Morgan fingerprint density at radius 1 is 0.853 bits per heavy atom. The molecule has 8 heteroatoms. The molecule has 0 fully saturated rings. The summed E-state index contributed by atoms with van der Waals surface area (Å²) in [5, 5.41) is 3.06. The van der Waals surface area contributed by atoms with Crippen LogP contribution in [0.4, 0.5) is 15.8 Å². The van der Waals surface area contributed by atoms with E-state index in [1.165, 1.54) is 38.5 Å². The summed E-state index contributed by atoms with van der Waals surface area (Å²) in [5.74, 6) is -0.196. The van der Waals surface area contributed by atoms with Gasteiger partial charge in [0.1, 0.15) is 17.3 Å². The van der Waals surface area contributed by atoms with Gasteiger partial charge in [0, 0.05) is 11.8 Å². The Balaban J connectivity index is 1.82. The lowest BCUT2D eigenvalue weighted by atomic mass is 10.0. The Hall–Kier alpha value is -4.33. The van der Waals surface area contributed by atoms with Crippen molar-refractivity contribution in [3.8, 4) is 17.2 Å². The number of hydrogen-bond donors (Lipinski definition) is 1. The summed E-state index contributed by atoms with van der Waals surface area (Å²) in [4.78, 5) is 28.3. The van der Waals surface area contributed by atoms with E-state index in [4.69, 9.17) is 14.2 Å². The molecule has 0 saturated heterocycles. The molecule has 34 heavy (non-hydrogen) atoms. The van der Waals surface area contributed by atoms with Crippen LogP contribution in [-0.2, 0) is 9.59 Å². The maximum Gasteiger partial charge on any atom is 0.282 e. The van der Waals surface area contributed by atoms with Crippen LogP contribution in [0.5, 0.6) is 17.2 Å². The number of para-hydroxylation sites is 2. The number of carbonyl (C=O) groups excluding carboxylic acids is 2. The third kappa shape index (κ3) is 4.17. The zero-order valence-electron chi connectivity index (χ0n) is 18.9. The van der Waals surface area contributed by atoms with Crippen molar-refractivity contribution in [2.45, 2.75) is 6.92 Å². The van der Waals surface area contributed by atoms with E-state index in [0.717, 1.165) is 4.90 Å². The molecule has 0 bridgehead atoms. The maximum atomic E-state index is 13.6. The molecule has 0 unspecified atom stereocenters. The first-order chi connectivity index (χ1) is 16.5. The summed E-state index contributed by atoms with van der Waals surface area (Å²) in [6.45, 7) is 2.18. The molecule has 0 aromatic heterocycles. The monoisotopic (exact) mass is 462 g/mol. The average molecular weight is 462 g/mol. The SMILES string of the molecule is CCOc1ccccc1N1C(=O)C(Nc2ccc(OC)c(OC)c2)=C(c2ccc(F)cc2)C1=O. The molecule has 1 aliphatic rings. The van der Waals surface area contributed by atoms with Crippen molar-refractivity contribution < 1.29 is 28.2 Å². The Labute approximate surface area is 196 Å². The standard InChI is InChI=1S/C26H23FN2O5/c1-4-34-20-8-6-5-7-19(20)29-25(30)23(16-9-11-17(27)12-10-16)24(26(29)31)28-18-13-14-21(32-2)22(15-18)33-3/h5-15,28H,4H2,1-3H3. The summed E-state index contributed by atoms with van der Waals surface area (Å²) in [6.07, 6.45) is 0. The molecule has 0 atom stereocenters. The molecule has 0 saturated carbocycles. The van der Waals surface area contributed by atoms with Crippen LogP contribution >= 0.6 is 0 Å². The highest BCUT2D eigenvalue weighted by Crippen LogP contribution is 2.38. The number of halogens is 1. The smallest absolute Gasteiger partial charge is 0.282 e. The van der Waals surface area contributed by atoms with Gasteiger partial charge in [-0.2, -0.15) is 0 Å². The highest BCUT2D eigenvalue weighted by molar-refractivity contribution is 6.46. The summed E-state index contributed by atoms with van der Waals surface area (Å²) < 4.78 is 29.9. The summed E-state index contributed by atoms with van der Waals surface area (Å²) in [5.41, 5.74) is 1.40. The van der Waals surface area contributed by atoms with E-state index in [-0.39, 0.29) is 11.3 Å². The van der Waals surface area contributed by atoms with E-state index in [2.05, 4.69) is 5.32 Å². The van der Waals surface area contributed by atoms with Crippen molar-refractivity contribution in [3.05, 3.63) is 83.8 Å². The van der Waals surface area contributed by atoms with Gasteiger partial charge in [-0.3, -0.25) is 9.59 Å². The van der Waals surface area contributed by atoms with Gasteiger partial charge in [0.25, 0.3) is 11.8 Å². The highest BCUT2D eigenvalue weighted by atomic mass is 19.1. The Kier molecular flexibility index (Phi) is 6.49. The third-order valence-electron chi connectivity index (χ3n) is 5.28. The highest BCUT2D eigenvalue weighted by Gasteiger charge is 2.41. The number of nitrogens with zero attached hydrogens (tertiary/aromatic N) is 1. The van der Waals surface area contributed by atoms with Crippen LogP contribution in [0.3, 0.4) is 0 Å². The van der Waals surface area contributed by atoms with Crippen LogP contribution in [0.1, 0.15) is 12.5 Å². The molecule has 1 aliphatic heterocycles. The quantitative estimate of drug-likeness (QED) is 0.492. The number of amides is 2. The number of hydrogen-bond acceptors (Lipinski definition) is 6. The molecule has 7 nitrogen and oxygen atoms in total. The predicted molar refractivity (Wildman–Crippen MR) is 127 cm³/mol. The van der Waals surface area contributed by atoms with Crippen LogP contribution in [0.2, 0.25) is 0 Å². The van der Waals surface area contributed by atoms with Crippen molar-refractivity contribution in [1.82, 2.24) is 0 Å². The molecule has 0 aliphatic carbocycles. The number of carbonyl (C=O) groups is 2. The van der Waals surface area contributed by atoms with Gasteiger partial charge in [0.2, 0.25) is 0 Å². The minimum absolute atomic E-state index is 0.0510. The summed E-state index contributed by atoms with van der Waals surface area (Å²) in [7, 11) is 3.02. The van der Waals surface area contributed by atoms with Crippen LogP contribution < -0.4 is 24.4 Å². The fraction of sp³-hybridized carbons (Fsp3) is 0.154. The second kappa shape index (κ2) is 9.66. The fourth-order valence-corrected chi connectivity index (χ4v) is 3.73. The third-order valence-corrected chi connectivity index (χ3v) is 5.28. The topological polar surface area (TPSA) is 77.1 Å². The minimum Gasteiger partial charge on any atom is -0.493 e. The number of methoxy groups -OCH3 is 2. The van der Waals surface area contributed by atoms with E-state index in [0.29, 0.717) is 40.8 Å². The minimum atomic E-state index is -0.564. The van der Waals surface area contributed by atoms with E-state index in [9.17, 15) is 14.0 Å². The normalized spacial score (nSPS) is 13.4. The fourth-order valence-electron chi connectivity index (χ4n) is 3.73. The van der Waals surface area contributed by atoms with Gasteiger partial charge in [-0.25, -0.2) is 9.29 Å². The first-order valence-corrected chi connectivity index (χ1v) is 10.6. The molecule has 1 N–H and O–H groups in total. The molecule has 3 aromatic rings. The molecule has 4 rings (SSSR count). The summed E-state index contributed by atoms with van der Waals surface area (Å²) in [6, 6.07) is 17.3. The molecule has 1 heterocycles. The van der Waals surface area contributed by atoms with Gasteiger partial charge < -0.3 is 19.5 Å². The predicted octanol–water partition coefficient (Wildman–Crippen LogP) is 4.64. The van der Waals surface area contributed by atoms with E-state index in [1.54, 1.807) is 42.5 Å². The number of ether oxygens (including phenoxy) is 3. The number of rotatable bonds is 8. The zero-order chi connectivity index (χ0) is 24.2. The van der Waals surface area contributed by atoms with Crippen molar-refractivity contribution >= 4 is 28.8 Å². The van der Waals surface area contributed by atoms with Crippen LogP contribution in [0.25, 0.3) is 5.57 Å². The average Bonchev–Trinajstić information content (AvgIpc) is 3.09. The molecular formula is C26H23FN2O5. The Morgan fingerprint density at radius 2 is 1.56 bits per heavy atom. The summed E-state index contributed by atoms with van der Waals surface area (Å²) >= 11 is 0. The number of imide groups is 1. The second-order valence-corrected chi connectivity index (χ2v) is 7.30. The molecule has 0 spiro atoms. The lowest BCUT2D eigenvalue weighted by Crippen LogP contribution is -2.32. The number of anilines is 2. The first kappa shape index (κ1) is 22.8. The number of benzene rings is 3. The molecular weight excluding hydrogens is 439 g/mol. The van der Waals surface area contributed by atoms with Gasteiger partial charge in [0.05, 0.1) is 32.1 Å². The number of nitrogens with one attached hydrogen (secondary N) is 1. The second-order valence-electron chi connectivity index (χ2n) is 7.30. The van der Waals surface area contributed by atoms with Gasteiger partial charge in [-0.1, -0.05) is 24.3 Å². The Morgan fingerprint density at radius 3 is 2.24 bits per heavy atom. The lowest BCUT2D eigenvalue weighted by molar-refractivity contribution is -0.120. The van der Waals surface area contributed by atoms with Crippen LogP contribution in [0.15, 0.2) is 72.4 Å². The largest absolute Gasteiger partial charge is 0.493 e. The van der Waals surface area contributed by atoms with Gasteiger partial charge >= 0.3 is 0 Å². The van der Waals surface area contributed by atoms with Gasteiger partial charge in [0.15, 0.2) is 11.5 Å². The Bertz CT molecular complexity index is 1270. The van der Waals surface area contributed by atoms with Crippen molar-refractivity contribution in [1.29, 1.82) is 0 Å². The van der Waals surface area contributed by atoms with E-state index in [1.807, 2.05) is 6.92 Å². The zero-order valence-corrected chi connectivity index (χ0v) is 18.9. The van der Waals surface area contributed by atoms with E-state index >= 15 is 0 Å². The van der Waals surface area contributed by atoms with Gasteiger partial charge in [-0.15, -0.1) is 0 Å². The molecule has 0 radical (unpaired) electrons. The van der Waals surface area contributed by atoms with Crippen molar-refractivity contribution in [3.63, 3.8) is 0 Å². The van der Waals surface area contributed by atoms with Crippen molar-refractivity contribution in [2.75, 3.05) is 31.0 Å². The first-order valence-electron chi connectivity index (χ1n) is 10.6. The van der Waals surface area contributed by atoms with Crippen molar-refractivity contribution in [2.24, 2.45) is 0 Å². The maximum absolute atomic E-state index is 13.6. The van der Waals surface area contributed by atoms with E-state index < -0.39 is 17.6 Å². The molecule has 174 valence electrons. The molecule has 3 aromatic carbocycles. The van der Waals surface area contributed by atoms with Crippen LogP contribution in [-0.4, -0.2) is 32.6 Å². The lowest BCUT2D eigenvalue weighted by Gasteiger charge is -2.19.